The van der Waals surface area contributed by atoms with E-state index in [9.17, 15) is 30.0 Å². The van der Waals surface area contributed by atoms with E-state index in [2.05, 4.69) is 10.3 Å². The van der Waals surface area contributed by atoms with Gasteiger partial charge in [-0.15, -0.1) is 0 Å². The summed E-state index contributed by atoms with van der Waals surface area (Å²) in [6, 6.07) is 9.64. The third-order valence-electron chi connectivity index (χ3n) is 5.73. The topological polar surface area (TPSA) is 148 Å². The smallest absolute Gasteiger partial charge is 0.243 e. The molecule has 3 aromatic rings. The molecule has 0 bridgehead atoms. The van der Waals surface area contributed by atoms with E-state index in [0.717, 1.165) is 12.5 Å². The molecule has 1 N–H and O–H groups in total. The average Bonchev–Trinajstić information content (AvgIpc) is 3.19. The molecule has 0 aliphatic carbocycles. The van der Waals surface area contributed by atoms with Crippen molar-refractivity contribution in [3.05, 3.63) is 42.5 Å². The number of amides is 1. The Labute approximate surface area is 207 Å². The summed E-state index contributed by atoms with van der Waals surface area (Å²) in [4.78, 5) is 17.3. The zero-order valence-corrected chi connectivity index (χ0v) is 22.1. The van der Waals surface area contributed by atoms with Gasteiger partial charge >= 0.3 is 0 Å². The van der Waals surface area contributed by atoms with Crippen molar-refractivity contribution in [1.82, 2.24) is 9.29 Å². The molecule has 1 aromatic heterocycles. The van der Waals surface area contributed by atoms with E-state index in [-0.39, 0.29) is 33.7 Å². The second-order valence-corrected chi connectivity index (χ2v) is 15.3. The predicted molar refractivity (Wildman–Crippen MR) is 132 cm³/mol. The highest BCUT2D eigenvalue weighted by molar-refractivity contribution is 7.91. The lowest BCUT2D eigenvalue weighted by molar-refractivity contribution is -0.120. The van der Waals surface area contributed by atoms with Crippen molar-refractivity contribution in [3.8, 4) is 0 Å². The third kappa shape index (κ3) is 5.56. The number of sulfonamides is 1. The molecule has 1 fully saturated rings. The molecule has 188 valence electrons. The van der Waals surface area contributed by atoms with Crippen LogP contribution in [-0.2, 0) is 34.5 Å². The first-order valence-corrected chi connectivity index (χ1v) is 16.5. The van der Waals surface area contributed by atoms with Crippen molar-refractivity contribution >= 4 is 62.3 Å². The molecule has 1 aliphatic rings. The van der Waals surface area contributed by atoms with E-state index in [1.165, 1.54) is 52.0 Å². The lowest BCUT2D eigenvalue weighted by Crippen LogP contribution is -2.41. The number of nitrogens with zero attached hydrogens (tertiary/aromatic N) is 2. The number of hydrogen-bond acceptors (Lipinski definition) is 9. The van der Waals surface area contributed by atoms with Gasteiger partial charge in [-0.25, -0.2) is 30.2 Å². The summed E-state index contributed by atoms with van der Waals surface area (Å²) < 4.78 is 74.5. The van der Waals surface area contributed by atoms with E-state index in [4.69, 9.17) is 0 Å². The van der Waals surface area contributed by atoms with Gasteiger partial charge in [-0.2, -0.15) is 4.31 Å². The molecule has 1 amide bonds. The molecule has 0 saturated carbocycles. The Morgan fingerprint density at radius 1 is 0.886 bits per heavy atom. The highest BCUT2D eigenvalue weighted by atomic mass is 32.2. The van der Waals surface area contributed by atoms with Crippen LogP contribution in [0, 0.1) is 5.92 Å². The Balaban J connectivity index is 1.40. The number of sulfone groups is 2. The average molecular weight is 558 g/mol. The molecule has 2 aromatic carbocycles. The maximum atomic E-state index is 12.9. The fourth-order valence-electron chi connectivity index (χ4n) is 3.76. The van der Waals surface area contributed by atoms with Crippen molar-refractivity contribution < 1.29 is 30.0 Å². The van der Waals surface area contributed by atoms with Crippen LogP contribution in [0.2, 0.25) is 0 Å². The minimum atomic E-state index is -3.82. The molecule has 0 radical (unpaired) electrons. The lowest BCUT2D eigenvalue weighted by Gasteiger charge is -2.30. The SMILES string of the molecule is CS(=O)(=O)c1ccc(S(=O)(=O)N2CCC(C(=O)Nc3nc4ccc(S(C)(=O)=O)cc4s3)CC2)cc1. The molecule has 0 unspecified atom stereocenters. The summed E-state index contributed by atoms with van der Waals surface area (Å²) in [6.45, 7) is 0.289. The zero-order chi connectivity index (χ0) is 25.6. The van der Waals surface area contributed by atoms with Gasteiger partial charge in [0.2, 0.25) is 15.9 Å². The Hall–Kier alpha value is -2.39. The summed E-state index contributed by atoms with van der Waals surface area (Å²) in [6.07, 6.45) is 2.80. The second kappa shape index (κ2) is 9.24. The van der Waals surface area contributed by atoms with Crippen LogP contribution in [0.4, 0.5) is 5.13 Å². The molecule has 4 rings (SSSR count). The normalized spacial score (nSPS) is 16.4. The van der Waals surface area contributed by atoms with Crippen LogP contribution in [0.3, 0.4) is 0 Å². The van der Waals surface area contributed by atoms with Gasteiger partial charge in [-0.1, -0.05) is 11.3 Å². The summed E-state index contributed by atoms with van der Waals surface area (Å²) in [5.41, 5.74) is 0.570. The molecular formula is C21H23N3O7S4. The number of carbonyl (C=O) groups is 1. The standard InChI is InChI=1S/C21H23N3O7S4/c1-33(26,27)15-3-5-16(6-4-15)35(30,31)24-11-9-14(10-12-24)20(25)23-21-22-18-8-7-17(34(2,28)29)13-19(18)32-21/h3-8,13-14H,9-12H2,1-2H3,(H,22,23,25). The Morgan fingerprint density at radius 3 is 2.00 bits per heavy atom. The van der Waals surface area contributed by atoms with E-state index in [1.807, 2.05) is 0 Å². The van der Waals surface area contributed by atoms with Crippen molar-refractivity contribution in [2.75, 3.05) is 30.9 Å². The van der Waals surface area contributed by atoms with E-state index in [0.29, 0.717) is 28.2 Å². The number of anilines is 1. The summed E-state index contributed by atoms with van der Waals surface area (Å²) in [5, 5.41) is 3.10. The first kappa shape index (κ1) is 25.7. The van der Waals surface area contributed by atoms with Crippen LogP contribution >= 0.6 is 11.3 Å². The van der Waals surface area contributed by atoms with Crippen molar-refractivity contribution in [2.24, 2.45) is 5.92 Å². The summed E-state index contributed by atoms with van der Waals surface area (Å²) >= 11 is 1.17. The molecule has 1 aliphatic heterocycles. The van der Waals surface area contributed by atoms with Crippen LogP contribution in [0.5, 0.6) is 0 Å². The van der Waals surface area contributed by atoms with Gasteiger partial charge in [0.1, 0.15) is 0 Å². The first-order valence-electron chi connectivity index (χ1n) is 10.5. The maximum absolute atomic E-state index is 12.9. The summed E-state index contributed by atoms with van der Waals surface area (Å²) in [5.74, 6) is -0.686. The maximum Gasteiger partial charge on any atom is 0.243 e. The Kier molecular flexibility index (Phi) is 6.79. The molecule has 35 heavy (non-hydrogen) atoms. The van der Waals surface area contributed by atoms with Gasteiger partial charge in [0.25, 0.3) is 0 Å². The molecule has 2 heterocycles. The van der Waals surface area contributed by atoms with Gasteiger partial charge in [0.05, 0.1) is 24.9 Å². The van der Waals surface area contributed by atoms with Crippen molar-refractivity contribution in [3.63, 3.8) is 0 Å². The number of aromatic nitrogens is 1. The fraction of sp³-hybridized carbons (Fsp3) is 0.333. The minimum absolute atomic E-state index is 0.00394. The number of carbonyl (C=O) groups excluding carboxylic acids is 1. The lowest BCUT2D eigenvalue weighted by atomic mass is 9.97. The predicted octanol–water partition coefficient (Wildman–Crippen LogP) is 2.14. The van der Waals surface area contributed by atoms with Gasteiger partial charge in [-0.3, -0.25) is 4.79 Å². The van der Waals surface area contributed by atoms with Crippen LogP contribution in [0.15, 0.2) is 57.2 Å². The number of benzene rings is 2. The van der Waals surface area contributed by atoms with Gasteiger partial charge < -0.3 is 5.32 Å². The number of nitrogens with one attached hydrogen (secondary N) is 1. The number of piperidine rings is 1. The highest BCUT2D eigenvalue weighted by Crippen LogP contribution is 2.30. The largest absolute Gasteiger partial charge is 0.302 e. The van der Waals surface area contributed by atoms with Crippen molar-refractivity contribution in [1.29, 1.82) is 0 Å². The van der Waals surface area contributed by atoms with Gasteiger partial charge in [0, 0.05) is 31.5 Å². The Morgan fingerprint density at radius 2 is 1.43 bits per heavy atom. The minimum Gasteiger partial charge on any atom is -0.302 e. The number of fused-ring (bicyclic) bond motifs is 1. The van der Waals surface area contributed by atoms with E-state index >= 15 is 0 Å². The fourth-order valence-corrected chi connectivity index (χ4v) is 7.49. The molecule has 0 spiro atoms. The van der Waals surface area contributed by atoms with Gasteiger partial charge in [0.15, 0.2) is 24.8 Å². The van der Waals surface area contributed by atoms with Crippen LogP contribution < -0.4 is 5.32 Å². The molecule has 14 heteroatoms. The molecular weight excluding hydrogens is 535 g/mol. The molecule has 0 atom stereocenters. The van der Waals surface area contributed by atoms with Gasteiger partial charge in [-0.05, 0) is 55.3 Å². The van der Waals surface area contributed by atoms with Crippen LogP contribution in [0.25, 0.3) is 10.2 Å². The number of thiazole rings is 1. The van der Waals surface area contributed by atoms with Crippen molar-refractivity contribution in [2.45, 2.75) is 27.5 Å². The van der Waals surface area contributed by atoms with Crippen LogP contribution in [-0.4, -0.2) is 66.1 Å². The van der Waals surface area contributed by atoms with Crippen LogP contribution in [0.1, 0.15) is 12.8 Å². The quantitative estimate of drug-likeness (QED) is 0.485. The zero-order valence-electron chi connectivity index (χ0n) is 18.8. The third-order valence-corrected chi connectivity index (χ3v) is 10.8. The molecule has 10 nitrogen and oxygen atoms in total. The Bertz CT molecular complexity index is 1600. The second-order valence-electron chi connectivity index (χ2n) is 8.33. The highest BCUT2D eigenvalue weighted by Gasteiger charge is 2.32. The first-order chi connectivity index (χ1) is 16.2. The monoisotopic (exact) mass is 557 g/mol. The van der Waals surface area contributed by atoms with E-state index in [1.54, 1.807) is 6.07 Å². The number of rotatable bonds is 6. The molecule has 1 saturated heterocycles. The number of hydrogen-bond donors (Lipinski definition) is 1. The van der Waals surface area contributed by atoms with E-state index < -0.39 is 35.6 Å². The summed E-state index contributed by atoms with van der Waals surface area (Å²) in [7, 11) is -10.6.